The second-order valence-electron chi connectivity index (χ2n) is 4.16. The zero-order chi connectivity index (χ0) is 14.1. The van der Waals surface area contributed by atoms with Crippen molar-refractivity contribution in [3.63, 3.8) is 0 Å². The van der Waals surface area contributed by atoms with Crippen LogP contribution in [0.25, 0.3) is 0 Å². The van der Waals surface area contributed by atoms with Crippen molar-refractivity contribution >= 4 is 23.6 Å². The number of hydrogen-bond donors (Lipinski definition) is 2. The summed E-state index contributed by atoms with van der Waals surface area (Å²) in [5.74, 6) is -0.755. The second-order valence-corrected chi connectivity index (χ2v) is 5.33. The molecule has 1 aromatic rings. The van der Waals surface area contributed by atoms with E-state index in [0.717, 1.165) is 4.90 Å². The van der Waals surface area contributed by atoms with Crippen LogP contribution in [0, 0.1) is 5.92 Å². The van der Waals surface area contributed by atoms with Crippen molar-refractivity contribution < 1.29 is 14.7 Å². The van der Waals surface area contributed by atoms with Gasteiger partial charge in [0.25, 0.3) is 0 Å². The van der Waals surface area contributed by atoms with E-state index in [1.54, 1.807) is 18.7 Å². The molecule has 1 unspecified atom stereocenters. The van der Waals surface area contributed by atoms with Crippen molar-refractivity contribution in [3.05, 3.63) is 30.3 Å². The maximum Gasteiger partial charge on any atom is 0.308 e. The van der Waals surface area contributed by atoms with Gasteiger partial charge in [0.1, 0.15) is 0 Å². The number of nitrogens with one attached hydrogen (secondary N) is 1. The van der Waals surface area contributed by atoms with Crippen LogP contribution in [0.2, 0.25) is 0 Å². The number of carbonyl (C=O) groups excluding carboxylic acids is 1. The summed E-state index contributed by atoms with van der Waals surface area (Å²) >= 11 is 1.62. The van der Waals surface area contributed by atoms with Crippen molar-refractivity contribution in [2.24, 2.45) is 5.92 Å². The molecule has 0 fully saturated rings. The Morgan fingerprint density at radius 3 is 2.58 bits per heavy atom. The molecule has 1 atom stereocenters. The lowest BCUT2D eigenvalue weighted by Crippen LogP contribution is -2.32. The molecule has 19 heavy (non-hydrogen) atoms. The minimum absolute atomic E-state index is 0.0943. The maximum atomic E-state index is 11.6. The Morgan fingerprint density at radius 2 is 2.00 bits per heavy atom. The molecule has 4 nitrogen and oxygen atoms in total. The van der Waals surface area contributed by atoms with Crippen LogP contribution in [0.5, 0.6) is 0 Å². The molecule has 1 amide bonds. The molecule has 0 aromatic heterocycles. The molecule has 104 valence electrons. The third kappa shape index (κ3) is 6.29. The van der Waals surface area contributed by atoms with Crippen LogP contribution in [0.3, 0.4) is 0 Å². The Kier molecular flexibility index (Phi) is 7.03. The average molecular weight is 281 g/mol. The van der Waals surface area contributed by atoms with E-state index in [0.29, 0.717) is 18.6 Å². The molecule has 1 rings (SSSR count). The summed E-state index contributed by atoms with van der Waals surface area (Å²) in [6.45, 7) is 2.01. The van der Waals surface area contributed by atoms with Gasteiger partial charge in [0.2, 0.25) is 5.91 Å². The largest absolute Gasteiger partial charge is 0.481 e. The van der Waals surface area contributed by atoms with Crippen LogP contribution < -0.4 is 5.32 Å². The monoisotopic (exact) mass is 281 g/mol. The van der Waals surface area contributed by atoms with Gasteiger partial charge in [-0.3, -0.25) is 9.59 Å². The van der Waals surface area contributed by atoms with Crippen molar-refractivity contribution in [1.82, 2.24) is 5.32 Å². The topological polar surface area (TPSA) is 66.4 Å². The molecule has 0 radical (unpaired) electrons. The van der Waals surface area contributed by atoms with E-state index < -0.39 is 11.9 Å². The predicted molar refractivity (Wildman–Crippen MR) is 76.2 cm³/mol. The van der Waals surface area contributed by atoms with Crippen LogP contribution in [0.1, 0.15) is 19.8 Å². The van der Waals surface area contributed by atoms with Gasteiger partial charge in [-0.2, -0.15) is 0 Å². The average Bonchev–Trinajstić information content (AvgIpc) is 2.40. The summed E-state index contributed by atoms with van der Waals surface area (Å²) in [7, 11) is 0. The lowest BCUT2D eigenvalue weighted by atomic mass is 10.1. The Hall–Kier alpha value is -1.49. The van der Waals surface area contributed by atoms with Gasteiger partial charge in [-0.05, 0) is 18.6 Å². The fourth-order valence-corrected chi connectivity index (χ4v) is 2.38. The van der Waals surface area contributed by atoms with E-state index in [1.807, 2.05) is 30.3 Å². The fraction of sp³-hybridized carbons (Fsp3) is 0.429. The molecule has 0 saturated carbocycles. The Morgan fingerprint density at radius 1 is 1.32 bits per heavy atom. The van der Waals surface area contributed by atoms with Crippen molar-refractivity contribution in [2.75, 3.05) is 12.3 Å². The molecule has 0 bridgehead atoms. The highest BCUT2D eigenvalue weighted by Gasteiger charge is 2.15. The second kappa shape index (κ2) is 8.58. The van der Waals surface area contributed by atoms with E-state index in [2.05, 4.69) is 5.32 Å². The lowest BCUT2D eigenvalue weighted by Gasteiger charge is -2.10. The first-order valence-electron chi connectivity index (χ1n) is 6.30. The Balaban J connectivity index is 2.19. The Labute approximate surface area is 117 Å². The standard InChI is InChI=1S/C14H19NO3S/c1-2-11(14(17)18)10-15-13(16)8-9-19-12-6-4-3-5-7-12/h3-7,11H,2,8-10H2,1H3,(H,15,16)(H,17,18). The summed E-state index contributed by atoms with van der Waals surface area (Å²) in [6.07, 6.45) is 0.921. The molecular weight excluding hydrogens is 262 g/mol. The molecule has 2 N–H and O–H groups in total. The van der Waals surface area contributed by atoms with E-state index in [9.17, 15) is 9.59 Å². The Bertz CT molecular complexity index is 408. The fourth-order valence-electron chi connectivity index (χ4n) is 1.51. The summed E-state index contributed by atoms with van der Waals surface area (Å²) in [6, 6.07) is 9.87. The third-order valence-electron chi connectivity index (χ3n) is 2.73. The molecule has 0 aliphatic carbocycles. The SMILES string of the molecule is CCC(CNC(=O)CCSc1ccccc1)C(=O)O. The van der Waals surface area contributed by atoms with E-state index in [-0.39, 0.29) is 12.5 Å². The first kappa shape index (κ1) is 15.6. The first-order valence-corrected chi connectivity index (χ1v) is 7.29. The van der Waals surface area contributed by atoms with Gasteiger partial charge >= 0.3 is 5.97 Å². The molecular formula is C14H19NO3S. The normalized spacial score (nSPS) is 11.8. The third-order valence-corrected chi connectivity index (χ3v) is 3.74. The van der Waals surface area contributed by atoms with Crippen LogP contribution in [-0.4, -0.2) is 29.3 Å². The summed E-state index contributed by atoms with van der Waals surface area (Å²) < 4.78 is 0. The first-order chi connectivity index (χ1) is 9.13. The minimum atomic E-state index is -0.860. The minimum Gasteiger partial charge on any atom is -0.481 e. The number of hydrogen-bond acceptors (Lipinski definition) is 3. The molecule has 1 aromatic carbocycles. The van der Waals surface area contributed by atoms with Crippen molar-refractivity contribution in [3.8, 4) is 0 Å². The molecule has 0 heterocycles. The number of carbonyl (C=O) groups is 2. The van der Waals surface area contributed by atoms with Crippen LogP contribution in [0.4, 0.5) is 0 Å². The zero-order valence-electron chi connectivity index (χ0n) is 11.0. The number of amides is 1. The summed E-state index contributed by atoms with van der Waals surface area (Å²) in [5, 5.41) is 11.5. The lowest BCUT2D eigenvalue weighted by molar-refractivity contribution is -0.141. The summed E-state index contributed by atoms with van der Waals surface area (Å²) in [5.41, 5.74) is 0. The number of rotatable bonds is 8. The van der Waals surface area contributed by atoms with Crippen LogP contribution in [-0.2, 0) is 9.59 Å². The van der Waals surface area contributed by atoms with Gasteiger partial charge in [0.05, 0.1) is 5.92 Å². The number of carboxylic acid groups (broad SMARTS) is 1. The zero-order valence-corrected chi connectivity index (χ0v) is 11.8. The van der Waals surface area contributed by atoms with Gasteiger partial charge in [-0.15, -0.1) is 11.8 Å². The van der Waals surface area contributed by atoms with Gasteiger partial charge in [-0.1, -0.05) is 25.1 Å². The maximum absolute atomic E-state index is 11.6. The van der Waals surface area contributed by atoms with E-state index in [4.69, 9.17) is 5.11 Å². The van der Waals surface area contributed by atoms with E-state index >= 15 is 0 Å². The highest BCUT2D eigenvalue weighted by Crippen LogP contribution is 2.17. The van der Waals surface area contributed by atoms with Gasteiger partial charge in [0, 0.05) is 23.6 Å². The van der Waals surface area contributed by atoms with Gasteiger partial charge < -0.3 is 10.4 Å². The number of aliphatic carboxylic acids is 1. The molecule has 0 saturated heterocycles. The summed E-state index contributed by atoms with van der Waals surface area (Å²) in [4.78, 5) is 23.5. The van der Waals surface area contributed by atoms with Crippen molar-refractivity contribution in [2.45, 2.75) is 24.7 Å². The van der Waals surface area contributed by atoms with Crippen molar-refractivity contribution in [1.29, 1.82) is 0 Å². The van der Waals surface area contributed by atoms with E-state index in [1.165, 1.54) is 0 Å². The van der Waals surface area contributed by atoms with Gasteiger partial charge in [-0.25, -0.2) is 0 Å². The molecule has 0 aliphatic heterocycles. The smallest absolute Gasteiger partial charge is 0.308 e. The predicted octanol–water partition coefficient (Wildman–Crippen LogP) is 2.40. The molecule has 5 heteroatoms. The highest BCUT2D eigenvalue weighted by atomic mass is 32.2. The van der Waals surface area contributed by atoms with Gasteiger partial charge in [0.15, 0.2) is 0 Å². The molecule has 0 aliphatic rings. The number of benzene rings is 1. The number of carboxylic acids is 1. The van der Waals surface area contributed by atoms with Crippen LogP contribution in [0.15, 0.2) is 35.2 Å². The highest BCUT2D eigenvalue weighted by molar-refractivity contribution is 7.99. The molecule has 0 spiro atoms. The van der Waals surface area contributed by atoms with Crippen LogP contribution >= 0.6 is 11.8 Å². The number of thioether (sulfide) groups is 1. The quantitative estimate of drug-likeness (QED) is 0.718.